The van der Waals surface area contributed by atoms with Gasteiger partial charge in [-0.1, -0.05) is 0 Å². The van der Waals surface area contributed by atoms with Crippen molar-refractivity contribution in [2.24, 2.45) is 11.7 Å². The van der Waals surface area contributed by atoms with Crippen molar-refractivity contribution in [2.45, 2.75) is 25.0 Å². The van der Waals surface area contributed by atoms with Gasteiger partial charge in [0.25, 0.3) is 0 Å². The molecule has 0 aromatic carbocycles. The molecule has 2 aliphatic heterocycles. The average Bonchev–Trinajstić information content (AvgIpc) is 2.78. The molecular weight excluding hydrogens is 180 g/mol. The third-order valence-corrected chi connectivity index (χ3v) is 3.05. The average molecular weight is 200 g/mol. The van der Waals surface area contributed by atoms with Crippen molar-refractivity contribution >= 4 is 0 Å². The molecule has 0 aromatic rings. The zero-order valence-corrected chi connectivity index (χ0v) is 8.58. The molecule has 0 aromatic heterocycles. The molecule has 0 saturated carbocycles. The second kappa shape index (κ2) is 5.07. The molecule has 0 amide bonds. The highest BCUT2D eigenvalue weighted by molar-refractivity contribution is 4.80. The van der Waals surface area contributed by atoms with Crippen LogP contribution in [0.1, 0.15) is 12.8 Å². The summed E-state index contributed by atoms with van der Waals surface area (Å²) in [5.41, 5.74) is 5.88. The summed E-state index contributed by atoms with van der Waals surface area (Å²) in [5, 5.41) is 3.41. The topological polar surface area (TPSA) is 56.5 Å². The van der Waals surface area contributed by atoms with E-state index in [4.69, 9.17) is 15.2 Å². The van der Waals surface area contributed by atoms with Gasteiger partial charge in [-0.25, -0.2) is 0 Å². The first-order valence-electron chi connectivity index (χ1n) is 5.52. The first-order valence-corrected chi connectivity index (χ1v) is 5.52. The molecule has 82 valence electrons. The minimum atomic E-state index is 0.215. The van der Waals surface area contributed by atoms with E-state index in [-0.39, 0.29) is 6.04 Å². The van der Waals surface area contributed by atoms with E-state index in [1.807, 2.05) is 0 Å². The molecular formula is C10H20N2O2. The lowest BCUT2D eigenvalue weighted by Gasteiger charge is -2.16. The fourth-order valence-electron chi connectivity index (χ4n) is 2.06. The molecule has 14 heavy (non-hydrogen) atoms. The first kappa shape index (κ1) is 10.4. The minimum Gasteiger partial charge on any atom is -0.379 e. The van der Waals surface area contributed by atoms with Crippen LogP contribution in [0.15, 0.2) is 0 Å². The molecule has 2 rings (SSSR count). The maximum absolute atomic E-state index is 5.88. The quantitative estimate of drug-likeness (QED) is 0.656. The Labute approximate surface area is 85.1 Å². The number of ether oxygens (including phenoxy) is 2. The molecule has 2 heterocycles. The lowest BCUT2D eigenvalue weighted by molar-refractivity contribution is 0.108. The van der Waals surface area contributed by atoms with Crippen LogP contribution in [0.3, 0.4) is 0 Å². The van der Waals surface area contributed by atoms with E-state index in [0.29, 0.717) is 18.6 Å². The third kappa shape index (κ3) is 2.67. The van der Waals surface area contributed by atoms with Crippen LogP contribution < -0.4 is 11.1 Å². The highest BCUT2D eigenvalue weighted by Crippen LogP contribution is 2.12. The van der Waals surface area contributed by atoms with E-state index >= 15 is 0 Å². The van der Waals surface area contributed by atoms with Crippen LogP contribution in [-0.4, -0.2) is 45.1 Å². The van der Waals surface area contributed by atoms with Crippen LogP contribution in [0.5, 0.6) is 0 Å². The van der Waals surface area contributed by atoms with Crippen LogP contribution in [-0.2, 0) is 9.47 Å². The normalized spacial score (nSPS) is 37.9. The van der Waals surface area contributed by atoms with Crippen molar-refractivity contribution in [1.82, 2.24) is 5.32 Å². The summed E-state index contributed by atoms with van der Waals surface area (Å²) < 4.78 is 10.8. The zero-order valence-electron chi connectivity index (χ0n) is 8.58. The van der Waals surface area contributed by atoms with Crippen molar-refractivity contribution in [1.29, 1.82) is 0 Å². The van der Waals surface area contributed by atoms with Crippen molar-refractivity contribution in [3.05, 3.63) is 0 Å². The Morgan fingerprint density at radius 1 is 1.29 bits per heavy atom. The SMILES string of the molecule is NC1COCC1CNCC1CCCO1. The van der Waals surface area contributed by atoms with E-state index in [9.17, 15) is 0 Å². The van der Waals surface area contributed by atoms with Gasteiger partial charge in [0, 0.05) is 31.7 Å². The van der Waals surface area contributed by atoms with Gasteiger partial charge in [0.2, 0.25) is 0 Å². The van der Waals surface area contributed by atoms with E-state index in [2.05, 4.69) is 5.32 Å². The standard InChI is InChI=1S/C10H20N2O2/c11-10-7-13-6-8(10)4-12-5-9-2-1-3-14-9/h8-10,12H,1-7,11H2. The van der Waals surface area contributed by atoms with E-state index < -0.39 is 0 Å². The number of nitrogens with one attached hydrogen (secondary N) is 1. The molecule has 2 saturated heterocycles. The summed E-state index contributed by atoms with van der Waals surface area (Å²) in [6.07, 6.45) is 2.83. The minimum absolute atomic E-state index is 0.215. The van der Waals surface area contributed by atoms with Crippen molar-refractivity contribution < 1.29 is 9.47 Å². The molecule has 3 unspecified atom stereocenters. The van der Waals surface area contributed by atoms with Gasteiger partial charge in [0.15, 0.2) is 0 Å². The molecule has 0 aliphatic carbocycles. The Hall–Kier alpha value is -0.160. The largest absolute Gasteiger partial charge is 0.379 e. The Morgan fingerprint density at radius 2 is 2.21 bits per heavy atom. The van der Waals surface area contributed by atoms with Gasteiger partial charge in [0.1, 0.15) is 0 Å². The number of rotatable bonds is 4. The van der Waals surface area contributed by atoms with Gasteiger partial charge < -0.3 is 20.5 Å². The third-order valence-electron chi connectivity index (χ3n) is 3.05. The second-order valence-electron chi connectivity index (χ2n) is 4.25. The Bertz CT molecular complexity index is 172. The maximum atomic E-state index is 5.88. The number of hydrogen-bond acceptors (Lipinski definition) is 4. The molecule has 0 spiro atoms. The van der Waals surface area contributed by atoms with Gasteiger partial charge in [-0.05, 0) is 12.8 Å². The fraction of sp³-hybridized carbons (Fsp3) is 1.00. The van der Waals surface area contributed by atoms with E-state index in [0.717, 1.165) is 26.3 Å². The van der Waals surface area contributed by atoms with Gasteiger partial charge >= 0.3 is 0 Å². The Morgan fingerprint density at radius 3 is 2.86 bits per heavy atom. The molecule has 3 N–H and O–H groups in total. The molecule has 3 atom stereocenters. The van der Waals surface area contributed by atoms with Crippen LogP contribution >= 0.6 is 0 Å². The fourth-order valence-corrected chi connectivity index (χ4v) is 2.06. The highest BCUT2D eigenvalue weighted by Gasteiger charge is 2.24. The highest BCUT2D eigenvalue weighted by atomic mass is 16.5. The molecule has 4 nitrogen and oxygen atoms in total. The van der Waals surface area contributed by atoms with Crippen LogP contribution in [0.2, 0.25) is 0 Å². The summed E-state index contributed by atoms with van der Waals surface area (Å²) in [6, 6.07) is 0.215. The predicted octanol–water partition coefficient (Wildman–Crippen LogP) is -0.271. The maximum Gasteiger partial charge on any atom is 0.0700 e. The number of nitrogens with two attached hydrogens (primary N) is 1. The predicted molar refractivity (Wildman–Crippen MR) is 54.1 cm³/mol. The van der Waals surface area contributed by atoms with Crippen molar-refractivity contribution in [2.75, 3.05) is 32.9 Å². The summed E-state index contributed by atoms with van der Waals surface area (Å²) >= 11 is 0. The molecule has 0 radical (unpaired) electrons. The molecule has 4 heteroatoms. The molecule has 2 fully saturated rings. The number of hydrogen-bond donors (Lipinski definition) is 2. The molecule has 2 aliphatic rings. The van der Waals surface area contributed by atoms with Gasteiger partial charge in [-0.3, -0.25) is 0 Å². The monoisotopic (exact) mass is 200 g/mol. The van der Waals surface area contributed by atoms with Crippen molar-refractivity contribution in [3.8, 4) is 0 Å². The lowest BCUT2D eigenvalue weighted by atomic mass is 10.1. The van der Waals surface area contributed by atoms with E-state index in [1.165, 1.54) is 12.8 Å². The summed E-state index contributed by atoms with van der Waals surface area (Å²) in [4.78, 5) is 0. The smallest absolute Gasteiger partial charge is 0.0700 e. The summed E-state index contributed by atoms with van der Waals surface area (Å²) in [7, 11) is 0. The molecule has 0 bridgehead atoms. The van der Waals surface area contributed by atoms with E-state index in [1.54, 1.807) is 0 Å². The van der Waals surface area contributed by atoms with Gasteiger partial charge in [-0.15, -0.1) is 0 Å². The second-order valence-corrected chi connectivity index (χ2v) is 4.25. The van der Waals surface area contributed by atoms with Gasteiger partial charge in [0.05, 0.1) is 19.3 Å². The van der Waals surface area contributed by atoms with Crippen LogP contribution in [0.4, 0.5) is 0 Å². The lowest BCUT2D eigenvalue weighted by Crippen LogP contribution is -2.38. The summed E-state index contributed by atoms with van der Waals surface area (Å²) in [6.45, 7) is 4.37. The first-order chi connectivity index (χ1) is 6.86. The van der Waals surface area contributed by atoms with Crippen LogP contribution in [0, 0.1) is 5.92 Å². The Balaban J connectivity index is 1.57. The zero-order chi connectivity index (χ0) is 9.80. The van der Waals surface area contributed by atoms with Gasteiger partial charge in [-0.2, -0.15) is 0 Å². The van der Waals surface area contributed by atoms with Crippen LogP contribution in [0.25, 0.3) is 0 Å². The summed E-state index contributed by atoms with van der Waals surface area (Å²) in [5.74, 6) is 0.483. The Kier molecular flexibility index (Phi) is 3.75. The van der Waals surface area contributed by atoms with Crippen molar-refractivity contribution in [3.63, 3.8) is 0 Å².